The topological polar surface area (TPSA) is 58.6 Å². The Morgan fingerprint density at radius 2 is 1.93 bits per heavy atom. The van der Waals surface area contributed by atoms with E-state index in [9.17, 15) is 8.42 Å². The van der Waals surface area contributed by atoms with Gasteiger partial charge in [0.25, 0.3) is 0 Å². The molecule has 144 valence electrons. The Hall–Kier alpha value is -1.89. The predicted octanol–water partition coefficient (Wildman–Crippen LogP) is 3.05. The fraction of sp³-hybridized carbons (Fsp3) is 0.429. The molecule has 1 atom stereocenters. The molecule has 5 nitrogen and oxygen atoms in total. The van der Waals surface area contributed by atoms with Gasteiger partial charge in [-0.25, -0.2) is 13.1 Å². The third kappa shape index (κ3) is 4.03. The van der Waals surface area contributed by atoms with Gasteiger partial charge in [0.05, 0.1) is 0 Å². The highest BCUT2D eigenvalue weighted by Gasteiger charge is 2.23. The molecule has 0 spiro atoms. The smallest absolute Gasteiger partial charge is 0.244 e. The summed E-state index contributed by atoms with van der Waals surface area (Å²) in [6.45, 7) is 5.26. The SMILES string of the molecule is C[C@@H]1CCCN1CCc1ccc(-c2ccc3c(c2)OCCNS3(=O)=O)cc1. The first-order valence-electron chi connectivity index (χ1n) is 9.63. The minimum atomic E-state index is -3.48. The van der Waals surface area contributed by atoms with Crippen LogP contribution in [0.15, 0.2) is 47.4 Å². The maximum Gasteiger partial charge on any atom is 0.244 e. The van der Waals surface area contributed by atoms with Gasteiger partial charge in [0, 0.05) is 19.1 Å². The number of hydrogen-bond acceptors (Lipinski definition) is 4. The summed E-state index contributed by atoms with van der Waals surface area (Å²) in [5.41, 5.74) is 3.36. The Kier molecular flexibility index (Phi) is 5.21. The second kappa shape index (κ2) is 7.62. The highest BCUT2D eigenvalue weighted by molar-refractivity contribution is 7.89. The van der Waals surface area contributed by atoms with Crippen molar-refractivity contribution in [3.05, 3.63) is 48.0 Å². The van der Waals surface area contributed by atoms with Gasteiger partial charge in [0.1, 0.15) is 17.3 Å². The van der Waals surface area contributed by atoms with Crippen LogP contribution in [0.1, 0.15) is 25.3 Å². The first kappa shape index (κ1) is 18.5. The van der Waals surface area contributed by atoms with E-state index < -0.39 is 10.0 Å². The second-order valence-electron chi connectivity index (χ2n) is 7.38. The fourth-order valence-corrected chi connectivity index (χ4v) is 5.04. The average Bonchev–Trinajstić information content (AvgIpc) is 3.01. The molecule has 2 aliphatic heterocycles. The molecule has 0 radical (unpaired) electrons. The molecule has 0 aromatic heterocycles. The van der Waals surface area contributed by atoms with Crippen LogP contribution < -0.4 is 9.46 Å². The summed E-state index contributed by atoms with van der Waals surface area (Å²) in [6.07, 6.45) is 3.68. The molecule has 2 heterocycles. The zero-order chi connectivity index (χ0) is 18.9. The minimum absolute atomic E-state index is 0.208. The molecular formula is C21H26N2O3S. The van der Waals surface area contributed by atoms with Crippen LogP contribution >= 0.6 is 0 Å². The number of nitrogens with one attached hydrogen (secondary N) is 1. The zero-order valence-corrected chi connectivity index (χ0v) is 16.5. The number of fused-ring (bicyclic) bond motifs is 1. The number of hydrogen-bond donors (Lipinski definition) is 1. The maximum absolute atomic E-state index is 12.2. The van der Waals surface area contributed by atoms with Crippen LogP contribution in [0.25, 0.3) is 11.1 Å². The normalized spacial score (nSPS) is 22.0. The molecule has 2 aromatic carbocycles. The number of nitrogens with zero attached hydrogens (tertiary/aromatic N) is 1. The van der Waals surface area contributed by atoms with E-state index in [-0.39, 0.29) is 11.4 Å². The molecule has 0 aliphatic carbocycles. The standard InChI is InChI=1S/C21H26N2O3S/c1-16-3-2-12-23(16)13-10-17-4-6-18(7-5-17)19-8-9-21-20(15-19)26-14-11-22-27(21,24)25/h4-9,15-16,22H,2-3,10-14H2,1H3/t16-/m1/s1. The van der Waals surface area contributed by atoms with Crippen LogP contribution in [-0.4, -0.2) is 45.6 Å². The lowest BCUT2D eigenvalue weighted by Crippen LogP contribution is -2.28. The molecule has 2 aromatic rings. The summed E-state index contributed by atoms with van der Waals surface area (Å²) in [4.78, 5) is 2.77. The molecule has 2 aliphatic rings. The Morgan fingerprint density at radius 1 is 1.15 bits per heavy atom. The summed E-state index contributed by atoms with van der Waals surface area (Å²) >= 11 is 0. The van der Waals surface area contributed by atoms with E-state index in [2.05, 4.69) is 40.8 Å². The molecule has 0 bridgehead atoms. The summed E-state index contributed by atoms with van der Waals surface area (Å²) < 4.78 is 32.5. The van der Waals surface area contributed by atoms with Crippen LogP contribution in [0.5, 0.6) is 5.75 Å². The van der Waals surface area contributed by atoms with Crippen molar-refractivity contribution < 1.29 is 13.2 Å². The fourth-order valence-electron chi connectivity index (χ4n) is 3.90. The van der Waals surface area contributed by atoms with Gasteiger partial charge >= 0.3 is 0 Å². The first-order chi connectivity index (χ1) is 13.0. The summed E-state index contributed by atoms with van der Waals surface area (Å²) in [5.74, 6) is 0.421. The Balaban J connectivity index is 1.50. The average molecular weight is 387 g/mol. The zero-order valence-electron chi connectivity index (χ0n) is 15.6. The lowest BCUT2D eigenvalue weighted by molar-refractivity contribution is 0.272. The van der Waals surface area contributed by atoms with Crippen LogP contribution in [-0.2, 0) is 16.4 Å². The first-order valence-corrected chi connectivity index (χ1v) is 11.1. The van der Waals surface area contributed by atoms with Gasteiger partial charge in [-0.2, -0.15) is 0 Å². The Morgan fingerprint density at radius 3 is 2.67 bits per heavy atom. The predicted molar refractivity (Wildman–Crippen MR) is 107 cm³/mol. The number of likely N-dealkylation sites (tertiary alicyclic amines) is 1. The van der Waals surface area contributed by atoms with E-state index in [1.165, 1.54) is 24.9 Å². The highest BCUT2D eigenvalue weighted by Crippen LogP contribution is 2.31. The molecule has 0 unspecified atom stereocenters. The number of benzene rings is 2. The number of ether oxygens (including phenoxy) is 1. The van der Waals surface area contributed by atoms with Crippen LogP contribution in [0, 0.1) is 0 Å². The van der Waals surface area contributed by atoms with Crippen molar-refractivity contribution >= 4 is 10.0 Å². The Bertz CT molecular complexity index is 910. The van der Waals surface area contributed by atoms with Crippen LogP contribution in [0.4, 0.5) is 0 Å². The molecular weight excluding hydrogens is 360 g/mol. The van der Waals surface area contributed by atoms with Crippen molar-refractivity contribution in [3.8, 4) is 16.9 Å². The summed E-state index contributed by atoms with van der Waals surface area (Å²) in [5, 5.41) is 0. The van der Waals surface area contributed by atoms with E-state index in [0.29, 0.717) is 18.4 Å². The lowest BCUT2D eigenvalue weighted by atomic mass is 10.0. The van der Waals surface area contributed by atoms with Crippen molar-refractivity contribution in [1.82, 2.24) is 9.62 Å². The molecule has 0 amide bonds. The van der Waals surface area contributed by atoms with Crippen LogP contribution in [0.2, 0.25) is 0 Å². The second-order valence-corrected chi connectivity index (χ2v) is 9.12. The van der Waals surface area contributed by atoms with E-state index in [4.69, 9.17) is 4.74 Å². The van der Waals surface area contributed by atoms with Crippen molar-refractivity contribution in [2.24, 2.45) is 0 Å². The largest absolute Gasteiger partial charge is 0.491 e. The maximum atomic E-state index is 12.2. The van der Waals surface area contributed by atoms with Crippen molar-refractivity contribution in [2.45, 2.75) is 37.1 Å². The minimum Gasteiger partial charge on any atom is -0.491 e. The summed E-state index contributed by atoms with van der Waals surface area (Å²) in [6, 6.07) is 14.5. The molecule has 4 rings (SSSR count). The van der Waals surface area contributed by atoms with Gasteiger partial charge in [0.2, 0.25) is 10.0 Å². The highest BCUT2D eigenvalue weighted by atomic mass is 32.2. The van der Waals surface area contributed by atoms with Crippen molar-refractivity contribution in [3.63, 3.8) is 0 Å². The van der Waals surface area contributed by atoms with Crippen LogP contribution in [0.3, 0.4) is 0 Å². The quantitative estimate of drug-likeness (QED) is 0.877. The molecule has 27 heavy (non-hydrogen) atoms. The van der Waals surface area contributed by atoms with E-state index >= 15 is 0 Å². The lowest BCUT2D eigenvalue weighted by Gasteiger charge is -2.20. The molecule has 1 saturated heterocycles. The molecule has 6 heteroatoms. The summed E-state index contributed by atoms with van der Waals surface area (Å²) in [7, 11) is -3.48. The molecule has 1 N–H and O–H groups in total. The van der Waals surface area contributed by atoms with Gasteiger partial charge in [-0.05, 0) is 61.6 Å². The number of rotatable bonds is 4. The van der Waals surface area contributed by atoms with Gasteiger partial charge in [-0.15, -0.1) is 0 Å². The molecule has 1 fully saturated rings. The van der Waals surface area contributed by atoms with Crippen molar-refractivity contribution in [1.29, 1.82) is 0 Å². The van der Waals surface area contributed by atoms with Gasteiger partial charge in [-0.3, -0.25) is 0 Å². The van der Waals surface area contributed by atoms with Gasteiger partial charge < -0.3 is 9.64 Å². The van der Waals surface area contributed by atoms with E-state index in [1.54, 1.807) is 6.07 Å². The monoisotopic (exact) mass is 386 g/mol. The Labute approximate surface area is 161 Å². The van der Waals surface area contributed by atoms with Crippen molar-refractivity contribution in [2.75, 3.05) is 26.2 Å². The third-order valence-electron chi connectivity index (χ3n) is 5.55. The van der Waals surface area contributed by atoms with E-state index in [1.807, 2.05) is 12.1 Å². The third-order valence-corrected chi connectivity index (χ3v) is 7.05. The van der Waals surface area contributed by atoms with Gasteiger partial charge in [-0.1, -0.05) is 30.3 Å². The number of sulfonamides is 1. The van der Waals surface area contributed by atoms with Gasteiger partial charge in [0.15, 0.2) is 0 Å². The van der Waals surface area contributed by atoms with E-state index in [0.717, 1.165) is 24.1 Å². The molecule has 0 saturated carbocycles.